The van der Waals surface area contributed by atoms with Crippen LogP contribution in [-0.4, -0.2) is 5.91 Å². The topological polar surface area (TPSA) is 29.1 Å². The molecule has 20 heavy (non-hydrogen) atoms. The van der Waals surface area contributed by atoms with Crippen molar-refractivity contribution in [1.82, 2.24) is 0 Å². The Kier molecular flexibility index (Phi) is 5.37. The summed E-state index contributed by atoms with van der Waals surface area (Å²) in [5.74, 6) is -0.301. The number of halogens is 5. The number of hydrogen-bond acceptors (Lipinski definition) is 1. The van der Waals surface area contributed by atoms with Crippen LogP contribution < -0.4 is 5.32 Å². The van der Waals surface area contributed by atoms with E-state index in [0.29, 0.717) is 30.8 Å². The maximum Gasteiger partial charge on any atom is 0.256 e. The average Bonchev–Trinajstić information content (AvgIpc) is 2.35. The zero-order chi connectivity index (χ0) is 14.9. The third kappa shape index (κ3) is 3.68. The molecule has 2 aromatic rings. The lowest BCUT2D eigenvalue weighted by Gasteiger charge is -2.10. The summed E-state index contributed by atoms with van der Waals surface area (Å²) >= 11 is 24.4. The van der Waals surface area contributed by atoms with Gasteiger partial charge in [-0.25, -0.2) is 0 Å². The summed E-state index contributed by atoms with van der Waals surface area (Å²) < 4.78 is 1.54. The van der Waals surface area contributed by atoms with Crippen molar-refractivity contribution < 1.29 is 4.79 Å². The Morgan fingerprint density at radius 1 is 0.950 bits per heavy atom. The molecule has 0 radical (unpaired) electrons. The fourth-order valence-electron chi connectivity index (χ4n) is 1.48. The van der Waals surface area contributed by atoms with Gasteiger partial charge in [0, 0.05) is 8.95 Å². The summed E-state index contributed by atoms with van der Waals surface area (Å²) in [4.78, 5) is 12.2. The number of anilines is 1. The van der Waals surface area contributed by atoms with Crippen molar-refractivity contribution >= 4 is 78.3 Å². The van der Waals surface area contributed by atoms with E-state index in [1.807, 2.05) is 0 Å². The summed E-state index contributed by atoms with van der Waals surface area (Å²) in [7, 11) is 0. The molecule has 0 aromatic heterocycles. The molecular weight excluding hydrogens is 452 g/mol. The van der Waals surface area contributed by atoms with Gasteiger partial charge in [-0.15, -0.1) is 0 Å². The first-order valence-corrected chi connectivity index (χ1v) is 8.01. The zero-order valence-corrected chi connectivity index (χ0v) is 15.1. The van der Waals surface area contributed by atoms with Gasteiger partial charge in [0.2, 0.25) is 0 Å². The normalized spacial score (nSPS) is 10.4. The van der Waals surface area contributed by atoms with E-state index in [2.05, 4.69) is 37.2 Å². The minimum Gasteiger partial charge on any atom is -0.321 e. The molecule has 0 unspecified atom stereocenters. The first-order chi connectivity index (χ1) is 9.38. The maximum atomic E-state index is 12.2. The van der Waals surface area contributed by atoms with E-state index < -0.39 is 0 Å². The molecule has 1 N–H and O–H groups in total. The molecule has 0 spiro atoms. The molecule has 2 nitrogen and oxygen atoms in total. The SMILES string of the molecule is O=C(Nc1cc(Cl)c(Cl)cc1Cl)c1ccc(Br)cc1Br. The molecule has 1 amide bonds. The third-order valence-corrected chi connectivity index (χ3v) is 4.62. The Hall–Kier alpha value is -0.260. The number of rotatable bonds is 2. The molecule has 2 rings (SSSR count). The highest BCUT2D eigenvalue weighted by Gasteiger charge is 2.13. The molecule has 0 saturated carbocycles. The fraction of sp³-hybridized carbons (Fsp3) is 0. The van der Waals surface area contributed by atoms with Gasteiger partial charge in [0.05, 0.1) is 26.3 Å². The summed E-state index contributed by atoms with van der Waals surface area (Å²) in [5, 5.41) is 3.67. The van der Waals surface area contributed by atoms with Crippen LogP contribution >= 0.6 is 66.7 Å². The highest BCUT2D eigenvalue weighted by Crippen LogP contribution is 2.33. The highest BCUT2D eigenvalue weighted by molar-refractivity contribution is 9.11. The van der Waals surface area contributed by atoms with E-state index in [4.69, 9.17) is 34.8 Å². The van der Waals surface area contributed by atoms with Gasteiger partial charge in [-0.05, 0) is 46.3 Å². The van der Waals surface area contributed by atoms with E-state index in [1.54, 1.807) is 18.2 Å². The van der Waals surface area contributed by atoms with Crippen LogP contribution in [-0.2, 0) is 0 Å². The monoisotopic (exact) mass is 455 g/mol. The van der Waals surface area contributed by atoms with Gasteiger partial charge in [-0.1, -0.05) is 50.7 Å². The summed E-state index contributed by atoms with van der Waals surface area (Å²) in [5.41, 5.74) is 0.885. The highest BCUT2D eigenvalue weighted by atomic mass is 79.9. The second kappa shape index (κ2) is 6.67. The predicted octanol–water partition coefficient (Wildman–Crippen LogP) is 6.42. The maximum absolute atomic E-state index is 12.2. The van der Waals surface area contributed by atoms with E-state index in [1.165, 1.54) is 12.1 Å². The minimum absolute atomic E-state index is 0.301. The van der Waals surface area contributed by atoms with Gasteiger partial charge in [-0.3, -0.25) is 4.79 Å². The summed E-state index contributed by atoms with van der Waals surface area (Å²) in [6, 6.07) is 8.24. The minimum atomic E-state index is -0.301. The molecule has 0 bridgehead atoms. The first kappa shape index (κ1) is 16.1. The fourth-order valence-corrected chi connectivity index (χ4v) is 3.30. The Morgan fingerprint density at radius 3 is 2.25 bits per heavy atom. The van der Waals surface area contributed by atoms with Crippen molar-refractivity contribution in [3.63, 3.8) is 0 Å². The molecule has 0 aliphatic carbocycles. The van der Waals surface area contributed by atoms with Crippen LogP contribution in [0.1, 0.15) is 10.4 Å². The van der Waals surface area contributed by atoms with Gasteiger partial charge >= 0.3 is 0 Å². The lowest BCUT2D eigenvalue weighted by molar-refractivity contribution is 0.102. The number of benzene rings is 2. The predicted molar refractivity (Wildman–Crippen MR) is 91.3 cm³/mol. The van der Waals surface area contributed by atoms with Crippen molar-refractivity contribution in [2.75, 3.05) is 5.32 Å². The average molecular weight is 458 g/mol. The zero-order valence-electron chi connectivity index (χ0n) is 9.68. The standard InChI is InChI=1S/C13H6Br2Cl3NO/c14-6-1-2-7(8(15)3-6)13(20)19-12-5-10(17)9(16)4-11(12)18/h1-5H,(H,19,20). The van der Waals surface area contributed by atoms with Crippen LogP contribution in [0, 0.1) is 0 Å². The molecule has 0 atom stereocenters. The number of carbonyl (C=O) groups is 1. The number of hydrogen-bond donors (Lipinski definition) is 1. The van der Waals surface area contributed by atoms with Gasteiger partial charge in [0.1, 0.15) is 0 Å². The second-order valence-corrected chi connectivity index (χ2v) is 6.82. The molecule has 104 valence electrons. The van der Waals surface area contributed by atoms with Crippen LogP contribution in [0.25, 0.3) is 0 Å². The van der Waals surface area contributed by atoms with Crippen molar-refractivity contribution in [2.45, 2.75) is 0 Å². The van der Waals surface area contributed by atoms with E-state index in [0.717, 1.165) is 4.47 Å². The number of nitrogens with one attached hydrogen (secondary N) is 1. The van der Waals surface area contributed by atoms with Crippen LogP contribution in [0.15, 0.2) is 39.3 Å². The molecule has 0 fully saturated rings. The van der Waals surface area contributed by atoms with Crippen molar-refractivity contribution in [1.29, 1.82) is 0 Å². The van der Waals surface area contributed by atoms with Crippen molar-refractivity contribution in [3.8, 4) is 0 Å². The lowest BCUT2D eigenvalue weighted by atomic mass is 10.2. The Balaban J connectivity index is 2.30. The third-order valence-electron chi connectivity index (χ3n) is 2.43. The van der Waals surface area contributed by atoms with Gasteiger partial charge in [-0.2, -0.15) is 0 Å². The molecule has 2 aromatic carbocycles. The molecule has 0 saturated heterocycles. The largest absolute Gasteiger partial charge is 0.321 e. The van der Waals surface area contributed by atoms with Gasteiger partial charge in [0.15, 0.2) is 0 Å². The van der Waals surface area contributed by atoms with E-state index in [-0.39, 0.29) is 5.91 Å². The molecule has 7 heteroatoms. The smallest absolute Gasteiger partial charge is 0.256 e. The van der Waals surface area contributed by atoms with Crippen LogP contribution in [0.2, 0.25) is 15.1 Å². The van der Waals surface area contributed by atoms with Gasteiger partial charge in [0.25, 0.3) is 5.91 Å². The van der Waals surface area contributed by atoms with Crippen LogP contribution in [0.5, 0.6) is 0 Å². The first-order valence-electron chi connectivity index (χ1n) is 5.29. The van der Waals surface area contributed by atoms with E-state index in [9.17, 15) is 4.79 Å². The number of amides is 1. The summed E-state index contributed by atoms with van der Waals surface area (Å²) in [6.07, 6.45) is 0. The summed E-state index contributed by atoms with van der Waals surface area (Å²) in [6.45, 7) is 0. The van der Waals surface area contributed by atoms with E-state index >= 15 is 0 Å². The molecule has 0 aliphatic rings. The van der Waals surface area contributed by atoms with Crippen LogP contribution in [0.4, 0.5) is 5.69 Å². The molecule has 0 aliphatic heterocycles. The second-order valence-electron chi connectivity index (χ2n) is 3.82. The van der Waals surface area contributed by atoms with Crippen molar-refractivity contribution in [2.24, 2.45) is 0 Å². The number of carbonyl (C=O) groups excluding carboxylic acids is 1. The molecule has 0 heterocycles. The Bertz CT molecular complexity index is 692. The Morgan fingerprint density at radius 2 is 1.60 bits per heavy atom. The van der Waals surface area contributed by atoms with Gasteiger partial charge < -0.3 is 5.32 Å². The van der Waals surface area contributed by atoms with Crippen molar-refractivity contribution in [3.05, 3.63) is 59.9 Å². The quantitative estimate of drug-likeness (QED) is 0.517. The Labute approximate surface area is 147 Å². The molecular formula is C13H6Br2Cl3NO. The lowest BCUT2D eigenvalue weighted by Crippen LogP contribution is -2.13. The van der Waals surface area contributed by atoms with Crippen LogP contribution in [0.3, 0.4) is 0 Å².